The normalized spacial score (nSPS) is 12.8. The maximum absolute atomic E-state index is 10.6. The SMILES string of the molecule is COCCCC(CCN)C(=O)O. The Balaban J connectivity index is 3.56. The number of carbonyl (C=O) groups is 1. The van der Waals surface area contributed by atoms with Gasteiger partial charge in [0, 0.05) is 13.7 Å². The predicted octanol–water partition coefficient (Wildman–Crippen LogP) is 0.463. The van der Waals surface area contributed by atoms with E-state index in [9.17, 15) is 4.79 Å². The first-order valence-corrected chi connectivity index (χ1v) is 4.14. The van der Waals surface area contributed by atoms with Gasteiger partial charge >= 0.3 is 5.97 Å². The molecule has 0 saturated carbocycles. The Kier molecular flexibility index (Phi) is 6.70. The molecule has 0 spiro atoms. The van der Waals surface area contributed by atoms with E-state index in [-0.39, 0.29) is 5.92 Å². The van der Waals surface area contributed by atoms with Crippen molar-refractivity contribution < 1.29 is 14.6 Å². The Bertz CT molecular complexity index is 127. The third kappa shape index (κ3) is 5.09. The Morgan fingerprint density at radius 1 is 1.58 bits per heavy atom. The van der Waals surface area contributed by atoms with Gasteiger partial charge in [-0.15, -0.1) is 0 Å². The average Bonchev–Trinajstić information content (AvgIpc) is 2.03. The van der Waals surface area contributed by atoms with E-state index in [1.54, 1.807) is 7.11 Å². The van der Waals surface area contributed by atoms with Crippen molar-refractivity contribution in [2.24, 2.45) is 11.7 Å². The second-order valence-electron chi connectivity index (χ2n) is 2.75. The van der Waals surface area contributed by atoms with Crippen molar-refractivity contribution in [3.8, 4) is 0 Å². The number of carboxylic acids is 1. The molecule has 4 nitrogen and oxygen atoms in total. The van der Waals surface area contributed by atoms with Gasteiger partial charge < -0.3 is 15.6 Å². The molecule has 1 unspecified atom stereocenters. The summed E-state index contributed by atoms with van der Waals surface area (Å²) in [6, 6.07) is 0. The molecule has 0 aromatic heterocycles. The van der Waals surface area contributed by atoms with Crippen LogP contribution in [0, 0.1) is 5.92 Å². The van der Waals surface area contributed by atoms with Gasteiger partial charge in [-0.1, -0.05) is 0 Å². The Morgan fingerprint density at radius 3 is 2.67 bits per heavy atom. The zero-order chi connectivity index (χ0) is 9.40. The van der Waals surface area contributed by atoms with Gasteiger partial charge in [0.1, 0.15) is 0 Å². The molecule has 0 aliphatic carbocycles. The largest absolute Gasteiger partial charge is 0.481 e. The molecule has 0 saturated heterocycles. The molecule has 0 aromatic carbocycles. The highest BCUT2D eigenvalue weighted by Gasteiger charge is 2.15. The van der Waals surface area contributed by atoms with Crippen molar-refractivity contribution in [3.63, 3.8) is 0 Å². The third-order valence-corrected chi connectivity index (χ3v) is 1.77. The predicted molar refractivity (Wildman–Crippen MR) is 45.9 cm³/mol. The molecular formula is C8H17NO3. The highest BCUT2D eigenvalue weighted by molar-refractivity contribution is 5.69. The zero-order valence-corrected chi connectivity index (χ0v) is 7.45. The molecule has 0 heterocycles. The van der Waals surface area contributed by atoms with Crippen molar-refractivity contribution >= 4 is 5.97 Å². The molecular weight excluding hydrogens is 158 g/mol. The summed E-state index contributed by atoms with van der Waals surface area (Å²) in [7, 11) is 1.61. The summed E-state index contributed by atoms with van der Waals surface area (Å²) in [6.45, 7) is 1.05. The smallest absolute Gasteiger partial charge is 0.306 e. The average molecular weight is 175 g/mol. The summed E-state index contributed by atoms with van der Waals surface area (Å²) < 4.78 is 4.83. The minimum absolute atomic E-state index is 0.301. The quantitative estimate of drug-likeness (QED) is 0.551. The van der Waals surface area contributed by atoms with Gasteiger partial charge in [0.2, 0.25) is 0 Å². The van der Waals surface area contributed by atoms with Crippen LogP contribution < -0.4 is 5.73 Å². The molecule has 0 fully saturated rings. The van der Waals surface area contributed by atoms with Crippen molar-refractivity contribution in [2.45, 2.75) is 19.3 Å². The van der Waals surface area contributed by atoms with Crippen LogP contribution in [0.1, 0.15) is 19.3 Å². The Hall–Kier alpha value is -0.610. The van der Waals surface area contributed by atoms with E-state index in [4.69, 9.17) is 15.6 Å². The fourth-order valence-electron chi connectivity index (χ4n) is 1.07. The maximum atomic E-state index is 10.6. The van der Waals surface area contributed by atoms with Gasteiger partial charge in [-0.25, -0.2) is 0 Å². The van der Waals surface area contributed by atoms with Crippen LogP contribution in [0.5, 0.6) is 0 Å². The Morgan fingerprint density at radius 2 is 2.25 bits per heavy atom. The molecule has 3 N–H and O–H groups in total. The summed E-state index contributed by atoms with van der Waals surface area (Å²) in [5.74, 6) is -1.05. The standard InChI is InChI=1S/C8H17NO3/c1-12-6-2-3-7(4-5-9)8(10)11/h7H,2-6,9H2,1H3,(H,10,11). The van der Waals surface area contributed by atoms with Crippen LogP contribution in [0.2, 0.25) is 0 Å². The molecule has 0 rings (SSSR count). The number of hydrogen-bond acceptors (Lipinski definition) is 3. The van der Waals surface area contributed by atoms with E-state index in [0.717, 1.165) is 6.42 Å². The van der Waals surface area contributed by atoms with E-state index < -0.39 is 5.97 Å². The summed E-state index contributed by atoms with van der Waals surface area (Å²) >= 11 is 0. The number of hydrogen-bond donors (Lipinski definition) is 2. The highest BCUT2D eigenvalue weighted by Crippen LogP contribution is 2.10. The lowest BCUT2D eigenvalue weighted by molar-refractivity contribution is -0.142. The van der Waals surface area contributed by atoms with Crippen LogP contribution in [0.25, 0.3) is 0 Å². The second-order valence-corrected chi connectivity index (χ2v) is 2.75. The zero-order valence-electron chi connectivity index (χ0n) is 7.45. The van der Waals surface area contributed by atoms with Crippen LogP contribution in [0.4, 0.5) is 0 Å². The van der Waals surface area contributed by atoms with Crippen LogP contribution in [0.3, 0.4) is 0 Å². The van der Waals surface area contributed by atoms with E-state index in [1.807, 2.05) is 0 Å². The minimum Gasteiger partial charge on any atom is -0.481 e. The van der Waals surface area contributed by atoms with Crippen LogP contribution in [-0.4, -0.2) is 31.3 Å². The van der Waals surface area contributed by atoms with Gasteiger partial charge in [0.15, 0.2) is 0 Å². The van der Waals surface area contributed by atoms with Crippen LogP contribution in [0.15, 0.2) is 0 Å². The molecule has 0 aliphatic rings. The molecule has 0 amide bonds. The van der Waals surface area contributed by atoms with E-state index in [2.05, 4.69) is 0 Å². The van der Waals surface area contributed by atoms with Gasteiger partial charge in [0.25, 0.3) is 0 Å². The minimum atomic E-state index is -0.753. The maximum Gasteiger partial charge on any atom is 0.306 e. The summed E-state index contributed by atoms with van der Waals surface area (Å²) in [5.41, 5.74) is 5.28. The lowest BCUT2D eigenvalue weighted by atomic mass is 10.0. The van der Waals surface area contributed by atoms with Crippen molar-refractivity contribution in [2.75, 3.05) is 20.3 Å². The van der Waals surface area contributed by atoms with Gasteiger partial charge in [-0.3, -0.25) is 4.79 Å². The van der Waals surface area contributed by atoms with E-state index in [1.165, 1.54) is 0 Å². The Labute approximate surface area is 72.7 Å². The lowest BCUT2D eigenvalue weighted by Crippen LogP contribution is -2.18. The molecule has 1 atom stereocenters. The van der Waals surface area contributed by atoms with Crippen molar-refractivity contribution in [1.29, 1.82) is 0 Å². The number of rotatable bonds is 7. The first-order chi connectivity index (χ1) is 5.72. The molecule has 0 radical (unpaired) electrons. The van der Waals surface area contributed by atoms with E-state index in [0.29, 0.717) is 26.0 Å². The molecule has 0 aliphatic heterocycles. The second kappa shape index (κ2) is 7.06. The van der Waals surface area contributed by atoms with Crippen molar-refractivity contribution in [1.82, 2.24) is 0 Å². The fourth-order valence-corrected chi connectivity index (χ4v) is 1.07. The van der Waals surface area contributed by atoms with Crippen LogP contribution >= 0.6 is 0 Å². The summed E-state index contributed by atoms with van der Waals surface area (Å²) in [5, 5.41) is 8.71. The van der Waals surface area contributed by atoms with E-state index >= 15 is 0 Å². The summed E-state index contributed by atoms with van der Waals surface area (Å²) in [6.07, 6.45) is 1.99. The van der Waals surface area contributed by atoms with Gasteiger partial charge in [0.05, 0.1) is 5.92 Å². The number of methoxy groups -OCH3 is 1. The number of nitrogens with two attached hydrogens (primary N) is 1. The topological polar surface area (TPSA) is 72.5 Å². The van der Waals surface area contributed by atoms with Crippen molar-refractivity contribution in [3.05, 3.63) is 0 Å². The molecule has 0 bridgehead atoms. The molecule has 72 valence electrons. The first-order valence-electron chi connectivity index (χ1n) is 4.14. The number of aliphatic carboxylic acids is 1. The van der Waals surface area contributed by atoms with Gasteiger partial charge in [-0.2, -0.15) is 0 Å². The van der Waals surface area contributed by atoms with Crippen LogP contribution in [-0.2, 0) is 9.53 Å². The first kappa shape index (κ1) is 11.4. The molecule has 12 heavy (non-hydrogen) atoms. The molecule has 4 heteroatoms. The highest BCUT2D eigenvalue weighted by atomic mass is 16.5. The monoisotopic (exact) mass is 175 g/mol. The summed E-state index contributed by atoms with van der Waals surface area (Å²) in [4.78, 5) is 10.6. The number of carboxylic acid groups (broad SMARTS) is 1. The fraction of sp³-hybridized carbons (Fsp3) is 0.875. The number of ether oxygens (including phenoxy) is 1. The van der Waals surface area contributed by atoms with Gasteiger partial charge in [-0.05, 0) is 25.8 Å². The molecule has 0 aromatic rings. The lowest BCUT2D eigenvalue weighted by Gasteiger charge is -2.09. The third-order valence-electron chi connectivity index (χ3n) is 1.77.